The van der Waals surface area contributed by atoms with Gasteiger partial charge in [-0.3, -0.25) is 4.98 Å². The quantitative estimate of drug-likeness (QED) is 0.250. The highest BCUT2D eigenvalue weighted by atomic mass is 19.4. The number of halogens is 7. The predicted molar refractivity (Wildman–Crippen MR) is 121 cm³/mol. The van der Waals surface area contributed by atoms with Crippen molar-refractivity contribution in [3.63, 3.8) is 0 Å². The van der Waals surface area contributed by atoms with Gasteiger partial charge >= 0.3 is 12.4 Å². The van der Waals surface area contributed by atoms with Crippen molar-refractivity contribution < 1.29 is 40.0 Å². The molecule has 0 fully saturated rings. The molecule has 1 atom stereocenters. The number of benzene rings is 2. The summed E-state index contributed by atoms with van der Waals surface area (Å²) in [5.74, 6) is -0.510. The van der Waals surface area contributed by atoms with E-state index in [0.717, 1.165) is 0 Å². The molecule has 4 aromatic rings. The summed E-state index contributed by atoms with van der Waals surface area (Å²) in [6.07, 6.45) is -7.53. The van der Waals surface area contributed by atoms with Crippen molar-refractivity contribution in [1.82, 2.24) is 9.88 Å². The van der Waals surface area contributed by atoms with E-state index in [9.17, 15) is 30.7 Å². The summed E-state index contributed by atoms with van der Waals surface area (Å²) in [6, 6.07) is 11.5. The Morgan fingerprint density at radius 2 is 1.66 bits per heavy atom. The number of hydrogen-bond donors (Lipinski definition) is 0. The van der Waals surface area contributed by atoms with Gasteiger partial charge in [0.05, 0.1) is 23.9 Å². The second kappa shape index (κ2) is 9.51. The molecule has 3 heterocycles. The van der Waals surface area contributed by atoms with E-state index in [4.69, 9.17) is 9.25 Å². The fraction of sp³-hybridized carbons (Fsp3) is 0.154. The van der Waals surface area contributed by atoms with Crippen molar-refractivity contribution in [2.75, 3.05) is 0 Å². The number of rotatable bonds is 5. The van der Waals surface area contributed by atoms with Crippen molar-refractivity contribution in [2.24, 2.45) is 5.16 Å². The normalized spacial score (nSPS) is 15.9. The van der Waals surface area contributed by atoms with E-state index in [1.165, 1.54) is 60.0 Å². The highest BCUT2D eigenvalue weighted by molar-refractivity contribution is 5.97. The Morgan fingerprint density at radius 1 is 0.868 bits per heavy atom. The molecule has 1 aliphatic heterocycles. The molecule has 38 heavy (non-hydrogen) atoms. The molecule has 12 heteroatoms. The van der Waals surface area contributed by atoms with Crippen LogP contribution in [0.3, 0.4) is 0 Å². The summed E-state index contributed by atoms with van der Waals surface area (Å²) in [7, 11) is 0. The molecule has 1 aliphatic rings. The van der Waals surface area contributed by atoms with Gasteiger partial charge in [0.2, 0.25) is 12.1 Å². The van der Waals surface area contributed by atoms with E-state index in [1.54, 1.807) is 6.07 Å². The highest BCUT2D eigenvalue weighted by Crippen LogP contribution is 2.43. The van der Waals surface area contributed by atoms with Gasteiger partial charge in [-0.25, -0.2) is 4.39 Å². The minimum atomic E-state index is -4.99. The Labute approximate surface area is 210 Å². The molecule has 2 aromatic heterocycles. The predicted octanol–water partition coefficient (Wildman–Crippen LogP) is 7.41. The molecule has 0 amide bonds. The Bertz CT molecular complexity index is 1480. The minimum absolute atomic E-state index is 0.0612. The molecule has 5 rings (SSSR count). The number of aromatic nitrogens is 1. The number of furan rings is 1. The van der Waals surface area contributed by atoms with Crippen LogP contribution < -0.4 is 0 Å². The third-order valence-corrected chi connectivity index (χ3v) is 5.89. The van der Waals surface area contributed by atoms with E-state index in [1.807, 2.05) is 0 Å². The van der Waals surface area contributed by atoms with Gasteiger partial charge in [-0.2, -0.15) is 26.3 Å². The average molecular weight is 535 g/mol. The minimum Gasteiger partial charge on any atom is -0.461 e. The second-order valence-electron chi connectivity index (χ2n) is 8.29. The summed E-state index contributed by atoms with van der Waals surface area (Å²) in [6.45, 7) is -0.255. The molecule has 0 saturated heterocycles. The molecule has 196 valence electrons. The lowest BCUT2D eigenvalue weighted by molar-refractivity contribution is -0.143. The maximum absolute atomic E-state index is 14.6. The van der Waals surface area contributed by atoms with Crippen molar-refractivity contribution in [3.05, 3.63) is 113 Å². The Morgan fingerprint density at radius 3 is 2.34 bits per heavy atom. The Kier molecular flexibility index (Phi) is 6.33. The van der Waals surface area contributed by atoms with Crippen molar-refractivity contribution in [3.8, 4) is 11.1 Å². The summed E-state index contributed by atoms with van der Waals surface area (Å²) >= 11 is 0. The summed E-state index contributed by atoms with van der Waals surface area (Å²) in [5.41, 5.74) is -2.47. The monoisotopic (exact) mass is 535 g/mol. The largest absolute Gasteiger partial charge is 0.461 e. The van der Waals surface area contributed by atoms with E-state index in [0.29, 0.717) is 29.3 Å². The van der Waals surface area contributed by atoms with Gasteiger partial charge in [0, 0.05) is 23.5 Å². The summed E-state index contributed by atoms with van der Waals surface area (Å²) < 4.78 is 102. The van der Waals surface area contributed by atoms with E-state index in [2.05, 4.69) is 10.1 Å². The molecule has 0 saturated carbocycles. The summed E-state index contributed by atoms with van der Waals surface area (Å²) in [4.78, 5) is 10.6. The van der Waals surface area contributed by atoms with Crippen LogP contribution in [0, 0.1) is 5.82 Å². The molecule has 0 spiro atoms. The van der Waals surface area contributed by atoms with E-state index < -0.39 is 41.1 Å². The molecule has 2 aromatic carbocycles. The van der Waals surface area contributed by atoms with Crippen LogP contribution in [0.5, 0.6) is 0 Å². The SMILES string of the molecule is Fc1ccccc1-c1ccncc1CN1C(c2ccco2)=NOC1c1cc(C(F)(F)F)ccc1C(F)(F)F. The fourth-order valence-electron chi connectivity index (χ4n) is 4.18. The first-order valence-corrected chi connectivity index (χ1v) is 11.0. The molecule has 5 nitrogen and oxygen atoms in total. The smallest absolute Gasteiger partial charge is 0.416 e. The molecular weight excluding hydrogens is 519 g/mol. The number of hydrogen-bond acceptors (Lipinski definition) is 5. The Balaban J connectivity index is 1.64. The standard InChI is InChI=1S/C26H16F7N3O2/c27-21-5-2-1-4-18(21)17-9-10-34-13-15(17)14-36-23(22-6-3-11-37-22)35-38-24(36)19-12-16(25(28,29)30)7-8-20(19)26(31,32)33/h1-13,24H,14H2. The van der Waals surface area contributed by atoms with Gasteiger partial charge in [0.1, 0.15) is 5.82 Å². The zero-order chi connectivity index (χ0) is 27.1. The lowest BCUT2D eigenvalue weighted by Crippen LogP contribution is -2.32. The van der Waals surface area contributed by atoms with Crippen molar-refractivity contribution in [1.29, 1.82) is 0 Å². The van der Waals surface area contributed by atoms with Gasteiger partial charge in [-0.05, 0) is 53.6 Å². The first-order valence-electron chi connectivity index (χ1n) is 11.0. The number of amidine groups is 1. The maximum atomic E-state index is 14.6. The lowest BCUT2D eigenvalue weighted by atomic mass is 9.98. The van der Waals surface area contributed by atoms with Crippen LogP contribution in [-0.2, 0) is 23.7 Å². The fourth-order valence-corrected chi connectivity index (χ4v) is 4.18. The van der Waals surface area contributed by atoms with Crippen LogP contribution in [0.4, 0.5) is 30.7 Å². The number of oxime groups is 1. The van der Waals surface area contributed by atoms with Gasteiger partial charge in [0.15, 0.2) is 5.76 Å². The van der Waals surface area contributed by atoms with Crippen LogP contribution >= 0.6 is 0 Å². The molecule has 0 bridgehead atoms. The third kappa shape index (κ3) is 4.81. The first kappa shape index (κ1) is 25.3. The molecular formula is C26H16F7N3O2. The highest BCUT2D eigenvalue weighted by Gasteiger charge is 2.43. The topological polar surface area (TPSA) is 50.9 Å². The van der Waals surface area contributed by atoms with Crippen LogP contribution in [0.25, 0.3) is 11.1 Å². The number of pyridine rings is 1. The van der Waals surface area contributed by atoms with Crippen LogP contribution in [0.1, 0.15) is 34.2 Å². The Hall–Kier alpha value is -4.35. The van der Waals surface area contributed by atoms with Crippen molar-refractivity contribution in [2.45, 2.75) is 25.1 Å². The van der Waals surface area contributed by atoms with E-state index in [-0.39, 0.29) is 23.7 Å². The van der Waals surface area contributed by atoms with Gasteiger partial charge < -0.3 is 14.2 Å². The molecule has 0 radical (unpaired) electrons. The lowest BCUT2D eigenvalue weighted by Gasteiger charge is -2.28. The van der Waals surface area contributed by atoms with Gasteiger partial charge in [-0.1, -0.05) is 23.4 Å². The molecule has 1 unspecified atom stereocenters. The van der Waals surface area contributed by atoms with Crippen LogP contribution in [0.2, 0.25) is 0 Å². The number of alkyl halides is 6. The summed E-state index contributed by atoms with van der Waals surface area (Å²) in [5, 5.41) is 3.85. The maximum Gasteiger partial charge on any atom is 0.416 e. The number of nitrogens with zero attached hydrogens (tertiary/aromatic N) is 3. The van der Waals surface area contributed by atoms with Crippen LogP contribution in [-0.4, -0.2) is 15.7 Å². The van der Waals surface area contributed by atoms with Crippen LogP contribution in [0.15, 0.2) is 88.9 Å². The molecule has 0 N–H and O–H groups in total. The second-order valence-corrected chi connectivity index (χ2v) is 8.29. The van der Waals surface area contributed by atoms with Gasteiger partial charge in [0.25, 0.3) is 0 Å². The average Bonchev–Trinajstić information content (AvgIpc) is 3.53. The van der Waals surface area contributed by atoms with E-state index >= 15 is 0 Å². The first-order chi connectivity index (χ1) is 18.0. The van der Waals surface area contributed by atoms with Crippen molar-refractivity contribution >= 4 is 5.84 Å². The third-order valence-electron chi connectivity index (χ3n) is 5.89. The molecule has 0 aliphatic carbocycles. The van der Waals surface area contributed by atoms with Gasteiger partial charge in [-0.15, -0.1) is 0 Å². The zero-order valence-corrected chi connectivity index (χ0v) is 19.1. The zero-order valence-electron chi connectivity index (χ0n) is 19.1.